The minimum absolute atomic E-state index is 0.0458. The van der Waals surface area contributed by atoms with E-state index in [1.807, 2.05) is 29.5 Å². The first-order valence-electron chi connectivity index (χ1n) is 6.46. The number of carbonyl (C=O) groups is 1. The van der Waals surface area contributed by atoms with E-state index in [1.54, 1.807) is 4.57 Å². The van der Waals surface area contributed by atoms with Gasteiger partial charge in [-0.3, -0.25) is 9.59 Å². The zero-order valence-electron chi connectivity index (χ0n) is 11.4. The largest absolute Gasteiger partial charge is 0.491 e. The highest BCUT2D eigenvalue weighted by atomic mass is 127. The predicted molar refractivity (Wildman–Crippen MR) is 82.4 cm³/mol. The maximum atomic E-state index is 12.3. The van der Waals surface area contributed by atoms with Crippen LogP contribution in [0.15, 0.2) is 4.79 Å². The third-order valence-corrected chi connectivity index (χ3v) is 4.57. The van der Waals surface area contributed by atoms with Crippen LogP contribution in [-0.2, 0) is 6.42 Å². The molecular weight excluding hydrogens is 375 g/mol. The number of hydrogen-bond donors (Lipinski definition) is 2. The molecule has 0 aliphatic carbocycles. The molecule has 2 N–H and O–H groups in total. The van der Waals surface area contributed by atoms with Crippen LogP contribution < -0.4 is 15.5 Å². The van der Waals surface area contributed by atoms with Gasteiger partial charge in [-0.05, 0) is 42.4 Å². The lowest BCUT2D eigenvalue weighted by Gasteiger charge is -2.20. The van der Waals surface area contributed by atoms with Gasteiger partial charge in [0, 0.05) is 12.2 Å². The van der Waals surface area contributed by atoms with Crippen LogP contribution >= 0.6 is 22.6 Å². The summed E-state index contributed by atoms with van der Waals surface area (Å²) in [5.74, 6) is -0.302. The SMILES string of the molecule is CCNC(=O)c1c(OC)c(=O)c(I)c2n1[C@H](CO)CC2. The van der Waals surface area contributed by atoms with Gasteiger partial charge in [-0.15, -0.1) is 0 Å². The summed E-state index contributed by atoms with van der Waals surface area (Å²) in [4.78, 5) is 24.6. The van der Waals surface area contributed by atoms with Crippen molar-refractivity contribution < 1.29 is 14.6 Å². The third-order valence-electron chi connectivity index (χ3n) is 3.45. The maximum Gasteiger partial charge on any atom is 0.271 e. The molecule has 0 saturated carbocycles. The maximum absolute atomic E-state index is 12.3. The van der Waals surface area contributed by atoms with Crippen LogP contribution in [0.5, 0.6) is 5.75 Å². The van der Waals surface area contributed by atoms with Crippen molar-refractivity contribution in [2.75, 3.05) is 20.3 Å². The van der Waals surface area contributed by atoms with Crippen molar-refractivity contribution in [3.63, 3.8) is 0 Å². The van der Waals surface area contributed by atoms with Gasteiger partial charge in [-0.25, -0.2) is 0 Å². The molecule has 0 unspecified atom stereocenters. The number of amides is 1. The number of ether oxygens (including phenoxy) is 1. The number of carbonyl (C=O) groups excluding carboxylic acids is 1. The van der Waals surface area contributed by atoms with E-state index >= 15 is 0 Å². The van der Waals surface area contributed by atoms with Gasteiger partial charge >= 0.3 is 0 Å². The van der Waals surface area contributed by atoms with Crippen LogP contribution in [0.3, 0.4) is 0 Å². The molecule has 0 aromatic carbocycles. The fourth-order valence-electron chi connectivity index (χ4n) is 2.57. The molecule has 1 aromatic heterocycles. The molecule has 7 heteroatoms. The number of aliphatic hydroxyl groups is 1. The number of pyridine rings is 1. The highest BCUT2D eigenvalue weighted by Crippen LogP contribution is 2.32. The van der Waals surface area contributed by atoms with Gasteiger partial charge < -0.3 is 19.7 Å². The molecule has 0 fully saturated rings. The molecule has 6 nitrogen and oxygen atoms in total. The minimum atomic E-state index is -0.348. The average Bonchev–Trinajstić information content (AvgIpc) is 2.86. The quantitative estimate of drug-likeness (QED) is 0.740. The Morgan fingerprint density at radius 1 is 1.60 bits per heavy atom. The molecule has 20 heavy (non-hydrogen) atoms. The number of rotatable bonds is 4. The van der Waals surface area contributed by atoms with Crippen molar-refractivity contribution >= 4 is 28.5 Å². The Kier molecular flexibility index (Phi) is 4.69. The fourth-order valence-corrected chi connectivity index (χ4v) is 3.35. The van der Waals surface area contributed by atoms with Crippen LogP contribution in [0.4, 0.5) is 0 Å². The Bertz CT molecular complexity index is 597. The van der Waals surface area contributed by atoms with Gasteiger partial charge in [-0.1, -0.05) is 0 Å². The van der Waals surface area contributed by atoms with Crippen LogP contribution in [0, 0.1) is 3.57 Å². The molecule has 0 radical (unpaired) electrons. The van der Waals surface area contributed by atoms with Crippen molar-refractivity contribution in [3.8, 4) is 5.75 Å². The van der Waals surface area contributed by atoms with Crippen molar-refractivity contribution in [3.05, 3.63) is 25.2 Å². The number of aromatic nitrogens is 1. The minimum Gasteiger partial charge on any atom is -0.491 e. The van der Waals surface area contributed by atoms with Crippen molar-refractivity contribution in [2.24, 2.45) is 0 Å². The molecule has 1 atom stereocenters. The van der Waals surface area contributed by atoms with Gasteiger partial charge in [0.05, 0.1) is 23.3 Å². The molecule has 1 aliphatic rings. The summed E-state index contributed by atoms with van der Waals surface area (Å²) in [6.45, 7) is 2.20. The summed E-state index contributed by atoms with van der Waals surface area (Å²) in [6.07, 6.45) is 1.39. The number of aliphatic hydroxyl groups excluding tert-OH is 1. The Balaban J connectivity index is 2.75. The lowest BCUT2D eigenvalue weighted by Crippen LogP contribution is -2.32. The second-order valence-electron chi connectivity index (χ2n) is 4.58. The lowest BCUT2D eigenvalue weighted by atomic mass is 10.2. The van der Waals surface area contributed by atoms with E-state index in [-0.39, 0.29) is 35.4 Å². The van der Waals surface area contributed by atoms with E-state index in [0.717, 1.165) is 5.69 Å². The first kappa shape index (κ1) is 15.3. The smallest absolute Gasteiger partial charge is 0.271 e. The monoisotopic (exact) mass is 392 g/mol. The summed E-state index contributed by atoms with van der Waals surface area (Å²) in [7, 11) is 1.38. The van der Waals surface area contributed by atoms with E-state index < -0.39 is 0 Å². The normalized spacial score (nSPS) is 16.9. The highest BCUT2D eigenvalue weighted by Gasteiger charge is 2.32. The molecular formula is C13H17IN2O4. The first-order valence-corrected chi connectivity index (χ1v) is 7.54. The molecule has 1 amide bonds. The van der Waals surface area contributed by atoms with Crippen molar-refractivity contribution in [1.82, 2.24) is 9.88 Å². The van der Waals surface area contributed by atoms with E-state index in [0.29, 0.717) is 23.0 Å². The zero-order valence-corrected chi connectivity index (χ0v) is 13.6. The molecule has 2 heterocycles. The Labute approximate surface area is 130 Å². The summed E-state index contributed by atoms with van der Waals surface area (Å²) >= 11 is 1.98. The van der Waals surface area contributed by atoms with Crippen molar-refractivity contribution in [1.29, 1.82) is 0 Å². The number of fused-ring (bicyclic) bond motifs is 1. The number of halogens is 1. The Hall–Kier alpha value is -1.09. The van der Waals surface area contributed by atoms with Crippen LogP contribution in [0.2, 0.25) is 0 Å². The summed E-state index contributed by atoms with van der Waals surface area (Å²) < 4.78 is 7.48. The molecule has 1 aliphatic heterocycles. The molecule has 0 bridgehead atoms. The van der Waals surface area contributed by atoms with E-state index in [4.69, 9.17) is 4.74 Å². The molecule has 0 spiro atoms. The summed E-state index contributed by atoms with van der Waals surface area (Å²) in [6, 6.07) is -0.189. The van der Waals surface area contributed by atoms with E-state index in [2.05, 4.69) is 5.32 Å². The lowest BCUT2D eigenvalue weighted by molar-refractivity contribution is 0.0937. The second kappa shape index (κ2) is 6.13. The van der Waals surface area contributed by atoms with Crippen molar-refractivity contribution in [2.45, 2.75) is 25.8 Å². The molecule has 1 aromatic rings. The predicted octanol–water partition coefficient (Wildman–Crippen LogP) is 0.691. The topological polar surface area (TPSA) is 80.6 Å². The summed E-state index contributed by atoms with van der Waals surface area (Å²) in [5, 5.41) is 12.2. The molecule has 0 saturated heterocycles. The van der Waals surface area contributed by atoms with Crippen LogP contribution in [0.25, 0.3) is 0 Å². The van der Waals surface area contributed by atoms with Gasteiger partial charge in [-0.2, -0.15) is 0 Å². The Morgan fingerprint density at radius 2 is 2.30 bits per heavy atom. The summed E-state index contributed by atoms with van der Waals surface area (Å²) in [5.41, 5.74) is 0.752. The van der Waals surface area contributed by atoms with E-state index in [9.17, 15) is 14.7 Å². The van der Waals surface area contributed by atoms with E-state index in [1.165, 1.54) is 7.11 Å². The average molecular weight is 392 g/mol. The second-order valence-corrected chi connectivity index (χ2v) is 5.65. The highest BCUT2D eigenvalue weighted by molar-refractivity contribution is 14.1. The number of methoxy groups -OCH3 is 1. The molecule has 2 rings (SSSR count). The standard InChI is InChI=1S/C13H17IN2O4/c1-3-15-13(19)10-12(20-2)11(18)9(14)8-5-4-7(6-17)16(8)10/h7,17H,3-6H2,1-2H3,(H,15,19)/t7-/m0/s1. The number of hydrogen-bond acceptors (Lipinski definition) is 4. The van der Waals surface area contributed by atoms with Gasteiger partial charge in [0.15, 0.2) is 11.4 Å². The van der Waals surface area contributed by atoms with Gasteiger partial charge in [0.2, 0.25) is 5.43 Å². The number of nitrogens with zero attached hydrogens (tertiary/aromatic N) is 1. The first-order chi connectivity index (χ1) is 9.56. The number of nitrogens with one attached hydrogen (secondary N) is 1. The Morgan fingerprint density at radius 3 is 2.85 bits per heavy atom. The molecule has 110 valence electrons. The van der Waals surface area contributed by atoms with Gasteiger partial charge in [0.1, 0.15) is 0 Å². The zero-order chi connectivity index (χ0) is 14.9. The third kappa shape index (κ3) is 2.32. The van der Waals surface area contributed by atoms with Crippen LogP contribution in [0.1, 0.15) is 35.6 Å². The van der Waals surface area contributed by atoms with Gasteiger partial charge in [0.25, 0.3) is 5.91 Å². The van der Waals surface area contributed by atoms with Crippen LogP contribution in [-0.4, -0.2) is 35.8 Å². The fraction of sp³-hybridized carbons (Fsp3) is 0.538.